The zero-order valence-corrected chi connectivity index (χ0v) is 13.6. The number of esters is 1. The molecule has 0 saturated heterocycles. The van der Waals surface area contributed by atoms with E-state index in [1.54, 1.807) is 25.1 Å². The zero-order chi connectivity index (χ0) is 17.0. The lowest BCUT2D eigenvalue weighted by Gasteiger charge is -2.15. The van der Waals surface area contributed by atoms with Gasteiger partial charge >= 0.3 is 5.97 Å². The summed E-state index contributed by atoms with van der Waals surface area (Å²) in [6, 6.07) is 6.30. The summed E-state index contributed by atoms with van der Waals surface area (Å²) >= 11 is 6.02. The third kappa shape index (κ3) is 4.04. The Balaban J connectivity index is 2.06. The van der Waals surface area contributed by atoms with Crippen LogP contribution in [0.25, 0.3) is 0 Å². The summed E-state index contributed by atoms with van der Waals surface area (Å²) in [6.07, 6.45) is 0.344. The van der Waals surface area contributed by atoms with Crippen molar-refractivity contribution in [2.75, 3.05) is 12.4 Å². The number of rotatable bonds is 5. The number of hydrogen-bond acceptors (Lipinski definition) is 5. The molecule has 1 aromatic carbocycles. The largest absolute Gasteiger partial charge is 0.495 e. The van der Waals surface area contributed by atoms with Crippen molar-refractivity contribution in [3.8, 4) is 5.75 Å². The Morgan fingerprint density at radius 1 is 1.35 bits per heavy atom. The van der Waals surface area contributed by atoms with Gasteiger partial charge in [-0.3, -0.25) is 4.79 Å². The van der Waals surface area contributed by atoms with Gasteiger partial charge in [0.1, 0.15) is 5.75 Å². The number of nitrogens with one attached hydrogen (secondary N) is 1. The minimum absolute atomic E-state index is 0.0320. The van der Waals surface area contributed by atoms with Gasteiger partial charge < -0.3 is 19.2 Å². The lowest BCUT2D eigenvalue weighted by atomic mass is 10.2. The maximum absolute atomic E-state index is 12.2. The first-order valence-corrected chi connectivity index (χ1v) is 7.19. The molecule has 122 valence electrons. The molecule has 23 heavy (non-hydrogen) atoms. The van der Waals surface area contributed by atoms with E-state index in [1.165, 1.54) is 26.4 Å². The summed E-state index contributed by atoms with van der Waals surface area (Å²) in [5.41, 5.74) is 1.23. The molecule has 0 aliphatic rings. The number of amides is 1. The van der Waals surface area contributed by atoms with Gasteiger partial charge in [-0.25, -0.2) is 4.79 Å². The Labute approximate surface area is 138 Å². The quantitative estimate of drug-likeness (QED) is 0.846. The second-order valence-corrected chi connectivity index (χ2v) is 5.22. The molecule has 0 saturated carbocycles. The molecular weight excluding hydrogens is 322 g/mol. The molecule has 1 amide bonds. The van der Waals surface area contributed by atoms with E-state index in [-0.39, 0.29) is 5.76 Å². The van der Waals surface area contributed by atoms with Gasteiger partial charge in [0.15, 0.2) is 6.10 Å². The van der Waals surface area contributed by atoms with Gasteiger partial charge in [-0.15, -0.1) is 0 Å². The van der Waals surface area contributed by atoms with Crippen LogP contribution in [-0.4, -0.2) is 25.1 Å². The average molecular weight is 338 g/mol. The standard InChI is InChI=1S/C16H16ClNO5/c1-9-7-12(14(21-3)8-11(9)17)18-15(19)10(2)23-16(20)13-5-4-6-22-13/h4-8,10H,1-3H3,(H,18,19)/t10-/m1/s1. The van der Waals surface area contributed by atoms with E-state index in [0.717, 1.165) is 5.56 Å². The van der Waals surface area contributed by atoms with Gasteiger partial charge in [-0.1, -0.05) is 11.6 Å². The lowest BCUT2D eigenvalue weighted by molar-refractivity contribution is -0.123. The molecule has 1 atom stereocenters. The van der Waals surface area contributed by atoms with E-state index in [1.807, 2.05) is 0 Å². The summed E-state index contributed by atoms with van der Waals surface area (Å²) in [4.78, 5) is 23.9. The smallest absolute Gasteiger partial charge is 0.374 e. The van der Waals surface area contributed by atoms with Crippen molar-refractivity contribution >= 4 is 29.2 Å². The van der Waals surface area contributed by atoms with Gasteiger partial charge in [-0.2, -0.15) is 0 Å². The molecule has 0 aliphatic carbocycles. The Morgan fingerprint density at radius 2 is 2.09 bits per heavy atom. The molecule has 1 aromatic heterocycles. The van der Waals surface area contributed by atoms with Gasteiger partial charge in [0.2, 0.25) is 5.76 Å². The van der Waals surface area contributed by atoms with Gasteiger partial charge in [0.25, 0.3) is 5.91 Å². The molecule has 1 N–H and O–H groups in total. The SMILES string of the molecule is COc1cc(Cl)c(C)cc1NC(=O)[C@@H](C)OC(=O)c1ccco1. The van der Waals surface area contributed by atoms with Crippen LogP contribution < -0.4 is 10.1 Å². The Hall–Kier alpha value is -2.47. The van der Waals surface area contributed by atoms with E-state index < -0.39 is 18.0 Å². The fourth-order valence-corrected chi connectivity index (χ4v) is 1.98. The maximum atomic E-state index is 12.2. The molecule has 2 aromatic rings. The van der Waals surface area contributed by atoms with Crippen LogP contribution in [0.5, 0.6) is 5.75 Å². The van der Waals surface area contributed by atoms with E-state index in [2.05, 4.69) is 5.32 Å². The molecule has 7 heteroatoms. The monoisotopic (exact) mass is 337 g/mol. The number of ether oxygens (including phenoxy) is 2. The van der Waals surface area contributed by atoms with Crippen molar-refractivity contribution in [3.63, 3.8) is 0 Å². The Bertz CT molecular complexity index is 712. The maximum Gasteiger partial charge on any atom is 0.374 e. The number of carbonyl (C=O) groups is 2. The number of anilines is 1. The van der Waals surface area contributed by atoms with E-state index >= 15 is 0 Å². The predicted octanol–water partition coefficient (Wildman–Crippen LogP) is 3.43. The summed E-state index contributed by atoms with van der Waals surface area (Å²) in [5, 5.41) is 3.17. The molecule has 0 bridgehead atoms. The van der Waals surface area contributed by atoms with Gasteiger partial charge in [-0.05, 0) is 37.6 Å². The van der Waals surface area contributed by atoms with Crippen LogP contribution in [0, 0.1) is 6.92 Å². The molecule has 0 fully saturated rings. The number of aryl methyl sites for hydroxylation is 1. The predicted molar refractivity (Wildman–Crippen MR) is 85.0 cm³/mol. The van der Waals surface area contributed by atoms with Crippen LogP contribution in [0.4, 0.5) is 5.69 Å². The van der Waals surface area contributed by atoms with Crippen molar-refractivity contribution in [2.45, 2.75) is 20.0 Å². The number of halogens is 1. The number of carbonyl (C=O) groups excluding carboxylic acids is 2. The first-order chi connectivity index (χ1) is 10.9. The van der Waals surface area contributed by atoms with Crippen LogP contribution in [0.2, 0.25) is 5.02 Å². The number of hydrogen-bond donors (Lipinski definition) is 1. The van der Waals surface area contributed by atoms with E-state index in [9.17, 15) is 9.59 Å². The van der Waals surface area contributed by atoms with Gasteiger partial charge in [0.05, 0.1) is 19.1 Å². The summed E-state index contributed by atoms with van der Waals surface area (Å²) in [5.74, 6) is -0.759. The molecule has 6 nitrogen and oxygen atoms in total. The highest BCUT2D eigenvalue weighted by atomic mass is 35.5. The third-order valence-corrected chi connectivity index (χ3v) is 3.52. The van der Waals surface area contributed by atoms with Crippen molar-refractivity contribution in [1.29, 1.82) is 0 Å². The zero-order valence-electron chi connectivity index (χ0n) is 12.9. The molecule has 0 spiro atoms. The molecule has 0 unspecified atom stereocenters. The third-order valence-electron chi connectivity index (χ3n) is 3.11. The molecule has 2 rings (SSSR count). The van der Waals surface area contributed by atoms with Crippen molar-refractivity contribution in [1.82, 2.24) is 0 Å². The van der Waals surface area contributed by atoms with Crippen molar-refractivity contribution in [2.24, 2.45) is 0 Å². The van der Waals surface area contributed by atoms with E-state index in [4.69, 9.17) is 25.5 Å². The minimum Gasteiger partial charge on any atom is -0.495 e. The Morgan fingerprint density at radius 3 is 2.70 bits per heavy atom. The van der Waals surface area contributed by atoms with Crippen LogP contribution in [0.15, 0.2) is 34.9 Å². The minimum atomic E-state index is -1.01. The highest BCUT2D eigenvalue weighted by molar-refractivity contribution is 6.31. The fraction of sp³-hybridized carbons (Fsp3) is 0.250. The first-order valence-electron chi connectivity index (χ1n) is 6.82. The normalized spacial score (nSPS) is 11.7. The second-order valence-electron chi connectivity index (χ2n) is 4.82. The van der Waals surface area contributed by atoms with Crippen LogP contribution in [0.3, 0.4) is 0 Å². The van der Waals surface area contributed by atoms with Crippen LogP contribution in [-0.2, 0) is 9.53 Å². The summed E-state index contributed by atoms with van der Waals surface area (Å²) in [7, 11) is 1.47. The number of methoxy groups -OCH3 is 1. The van der Waals surface area contributed by atoms with Gasteiger partial charge in [0, 0.05) is 11.1 Å². The molecule has 1 heterocycles. The highest BCUT2D eigenvalue weighted by Crippen LogP contribution is 2.31. The van der Waals surface area contributed by atoms with Crippen molar-refractivity contribution < 1.29 is 23.5 Å². The molecular formula is C16H16ClNO5. The molecule has 0 aliphatic heterocycles. The molecule has 0 radical (unpaired) electrons. The number of furan rings is 1. The van der Waals surface area contributed by atoms with Crippen molar-refractivity contribution in [3.05, 3.63) is 46.9 Å². The number of benzene rings is 1. The second kappa shape index (κ2) is 7.19. The lowest BCUT2D eigenvalue weighted by Crippen LogP contribution is -2.30. The van der Waals surface area contributed by atoms with Crippen LogP contribution in [0.1, 0.15) is 23.0 Å². The fourth-order valence-electron chi connectivity index (χ4n) is 1.83. The highest BCUT2D eigenvalue weighted by Gasteiger charge is 2.21. The topological polar surface area (TPSA) is 77.8 Å². The van der Waals surface area contributed by atoms with Crippen LogP contribution >= 0.6 is 11.6 Å². The summed E-state index contributed by atoms with van der Waals surface area (Å²) in [6.45, 7) is 3.27. The van der Waals surface area contributed by atoms with E-state index in [0.29, 0.717) is 16.5 Å². The average Bonchev–Trinajstić information content (AvgIpc) is 3.04. The first kappa shape index (κ1) is 16.9. The summed E-state index contributed by atoms with van der Waals surface area (Å²) < 4.78 is 15.1. The Kier molecular flexibility index (Phi) is 5.28.